The number of halogens is 6. The first-order chi connectivity index (χ1) is 5.46. The van der Waals surface area contributed by atoms with Crippen molar-refractivity contribution in [2.45, 2.75) is 44.5 Å². The van der Waals surface area contributed by atoms with Crippen molar-refractivity contribution in [1.29, 1.82) is 0 Å². The van der Waals surface area contributed by atoms with Gasteiger partial charge in [-0.05, 0) is 6.92 Å². The summed E-state index contributed by atoms with van der Waals surface area (Å²) in [6.07, 6.45) is -2.76. The lowest BCUT2D eigenvalue weighted by Gasteiger charge is -2.24. The molecule has 6 heteroatoms. The van der Waals surface area contributed by atoms with Crippen LogP contribution in [0.15, 0.2) is 0 Å². The van der Waals surface area contributed by atoms with Crippen molar-refractivity contribution in [2.75, 3.05) is 0 Å². The van der Waals surface area contributed by atoms with E-state index in [0.29, 0.717) is 6.92 Å². The Balaban J connectivity index is 4.21. The highest BCUT2D eigenvalue weighted by Gasteiger charge is 2.52. The predicted molar refractivity (Wildman–Crippen MR) is 35.4 cm³/mol. The lowest BCUT2D eigenvalue weighted by Crippen LogP contribution is -2.38. The van der Waals surface area contributed by atoms with Gasteiger partial charge >= 0.3 is 11.8 Å². The molecular formula is C7H10F6. The summed E-state index contributed by atoms with van der Waals surface area (Å²) < 4.78 is 73.0. The van der Waals surface area contributed by atoms with Crippen LogP contribution in [-0.2, 0) is 0 Å². The van der Waals surface area contributed by atoms with Gasteiger partial charge in [-0.15, -0.1) is 0 Å². The zero-order valence-electron chi connectivity index (χ0n) is 7.18. The summed E-state index contributed by atoms with van der Waals surface area (Å²) in [7, 11) is 0. The molecule has 80 valence electrons. The monoisotopic (exact) mass is 208 g/mol. The van der Waals surface area contributed by atoms with Gasteiger partial charge in [-0.2, -0.15) is 8.78 Å². The van der Waals surface area contributed by atoms with Crippen LogP contribution in [0.5, 0.6) is 0 Å². The zero-order valence-corrected chi connectivity index (χ0v) is 7.18. The van der Waals surface area contributed by atoms with Gasteiger partial charge < -0.3 is 0 Å². The lowest BCUT2D eigenvalue weighted by atomic mass is 10.1. The Morgan fingerprint density at radius 2 is 1.15 bits per heavy atom. The summed E-state index contributed by atoms with van der Waals surface area (Å²) >= 11 is 0. The van der Waals surface area contributed by atoms with E-state index in [-0.39, 0.29) is 6.92 Å². The topological polar surface area (TPSA) is 0 Å². The molecule has 0 bridgehead atoms. The van der Waals surface area contributed by atoms with Gasteiger partial charge in [-0.25, -0.2) is 17.6 Å². The third kappa shape index (κ3) is 4.38. The number of hydrogen-bond acceptors (Lipinski definition) is 0. The lowest BCUT2D eigenvalue weighted by molar-refractivity contribution is -0.207. The second-order valence-corrected chi connectivity index (χ2v) is 3.16. The fourth-order valence-corrected chi connectivity index (χ4v) is 0.596. The molecular weight excluding hydrogens is 198 g/mol. The third-order valence-electron chi connectivity index (χ3n) is 1.52. The molecule has 0 radical (unpaired) electrons. The largest absolute Gasteiger partial charge is 0.310 e. The zero-order chi connectivity index (χ0) is 10.9. The Morgan fingerprint density at radius 1 is 0.769 bits per heavy atom. The van der Waals surface area contributed by atoms with Gasteiger partial charge in [0.15, 0.2) is 0 Å². The van der Waals surface area contributed by atoms with Crippen LogP contribution in [0.25, 0.3) is 0 Å². The van der Waals surface area contributed by atoms with E-state index in [0.717, 1.165) is 0 Å². The first-order valence-corrected chi connectivity index (χ1v) is 3.59. The normalized spacial score (nSPS) is 14.8. The molecule has 0 fully saturated rings. The minimum Gasteiger partial charge on any atom is -0.207 e. The fraction of sp³-hybridized carbons (Fsp3) is 1.00. The van der Waals surface area contributed by atoms with Crippen LogP contribution >= 0.6 is 0 Å². The van der Waals surface area contributed by atoms with Crippen molar-refractivity contribution < 1.29 is 26.3 Å². The van der Waals surface area contributed by atoms with Gasteiger partial charge in [0.05, 0.1) is 0 Å². The smallest absolute Gasteiger partial charge is 0.207 e. The Bertz CT molecular complexity index is 163. The second kappa shape index (κ2) is 3.38. The van der Waals surface area contributed by atoms with Gasteiger partial charge in [0.2, 0.25) is 5.92 Å². The molecule has 0 unspecified atom stereocenters. The molecule has 0 heterocycles. The SMILES string of the molecule is CC(F)(F)CCC(F)(F)C(C)(F)F. The highest BCUT2D eigenvalue weighted by atomic mass is 19.3. The summed E-state index contributed by atoms with van der Waals surface area (Å²) in [5.74, 6) is -12.0. The number of rotatable bonds is 4. The Hall–Kier alpha value is -0.420. The quantitative estimate of drug-likeness (QED) is 0.618. The van der Waals surface area contributed by atoms with Gasteiger partial charge in [-0.3, -0.25) is 0 Å². The van der Waals surface area contributed by atoms with Gasteiger partial charge in [0.25, 0.3) is 0 Å². The van der Waals surface area contributed by atoms with Crippen molar-refractivity contribution in [3.05, 3.63) is 0 Å². The standard InChI is InChI=1S/C7H10F6/c1-5(8,9)3-4-7(12,13)6(2,10)11/h3-4H2,1-2H3. The van der Waals surface area contributed by atoms with E-state index >= 15 is 0 Å². The number of alkyl halides is 6. The summed E-state index contributed by atoms with van der Waals surface area (Å²) in [4.78, 5) is 0. The highest BCUT2D eigenvalue weighted by Crippen LogP contribution is 2.39. The van der Waals surface area contributed by atoms with E-state index in [1.165, 1.54) is 0 Å². The van der Waals surface area contributed by atoms with E-state index in [1.54, 1.807) is 0 Å². The van der Waals surface area contributed by atoms with E-state index < -0.39 is 30.6 Å². The first kappa shape index (κ1) is 12.6. The molecule has 0 saturated heterocycles. The van der Waals surface area contributed by atoms with E-state index in [9.17, 15) is 26.3 Å². The first-order valence-electron chi connectivity index (χ1n) is 3.59. The van der Waals surface area contributed by atoms with Gasteiger partial charge in [-0.1, -0.05) is 0 Å². The van der Waals surface area contributed by atoms with E-state index in [2.05, 4.69) is 0 Å². The molecule has 0 aliphatic heterocycles. The summed E-state index contributed by atoms with van der Waals surface area (Å²) in [6.45, 7) is 0.428. The summed E-state index contributed by atoms with van der Waals surface area (Å²) in [5.41, 5.74) is 0. The van der Waals surface area contributed by atoms with E-state index in [1.807, 2.05) is 0 Å². The van der Waals surface area contributed by atoms with Crippen molar-refractivity contribution in [3.8, 4) is 0 Å². The van der Waals surface area contributed by atoms with Gasteiger partial charge in [0.1, 0.15) is 0 Å². The van der Waals surface area contributed by atoms with Gasteiger partial charge in [0, 0.05) is 19.8 Å². The molecule has 0 aliphatic carbocycles. The molecule has 0 aromatic carbocycles. The predicted octanol–water partition coefficient (Wildman–Crippen LogP) is 3.71. The molecule has 0 amide bonds. The minimum absolute atomic E-state index is 0.0147. The molecule has 0 rings (SSSR count). The van der Waals surface area contributed by atoms with Crippen LogP contribution in [-0.4, -0.2) is 17.8 Å². The van der Waals surface area contributed by atoms with Crippen LogP contribution in [0.2, 0.25) is 0 Å². The highest BCUT2D eigenvalue weighted by molar-refractivity contribution is 4.81. The van der Waals surface area contributed by atoms with Crippen LogP contribution in [0, 0.1) is 0 Å². The van der Waals surface area contributed by atoms with Crippen molar-refractivity contribution in [1.82, 2.24) is 0 Å². The van der Waals surface area contributed by atoms with Crippen LogP contribution in [0.4, 0.5) is 26.3 Å². The third-order valence-corrected chi connectivity index (χ3v) is 1.52. The second-order valence-electron chi connectivity index (χ2n) is 3.16. The number of hydrogen-bond donors (Lipinski definition) is 0. The Morgan fingerprint density at radius 3 is 1.38 bits per heavy atom. The Labute approximate surface area is 71.9 Å². The van der Waals surface area contributed by atoms with Crippen molar-refractivity contribution in [3.63, 3.8) is 0 Å². The Kier molecular flexibility index (Phi) is 3.27. The molecule has 0 saturated carbocycles. The van der Waals surface area contributed by atoms with Crippen molar-refractivity contribution in [2.24, 2.45) is 0 Å². The molecule has 0 spiro atoms. The van der Waals surface area contributed by atoms with E-state index in [4.69, 9.17) is 0 Å². The average molecular weight is 208 g/mol. The molecule has 0 N–H and O–H groups in total. The van der Waals surface area contributed by atoms with Crippen LogP contribution in [0.1, 0.15) is 26.7 Å². The molecule has 0 nitrogen and oxygen atoms in total. The minimum atomic E-state index is -4.37. The summed E-state index contributed by atoms with van der Waals surface area (Å²) in [6, 6.07) is 0. The fourth-order valence-electron chi connectivity index (χ4n) is 0.596. The molecule has 13 heavy (non-hydrogen) atoms. The van der Waals surface area contributed by atoms with Crippen molar-refractivity contribution >= 4 is 0 Å². The summed E-state index contributed by atoms with van der Waals surface area (Å²) in [5, 5.41) is 0. The molecule has 0 aromatic rings. The maximum atomic E-state index is 12.4. The molecule has 0 aliphatic rings. The molecule has 0 aromatic heterocycles. The molecule has 0 atom stereocenters. The maximum Gasteiger partial charge on any atom is 0.310 e. The van der Waals surface area contributed by atoms with Crippen LogP contribution in [0.3, 0.4) is 0 Å². The maximum absolute atomic E-state index is 12.4. The van der Waals surface area contributed by atoms with Crippen LogP contribution < -0.4 is 0 Å². The average Bonchev–Trinajstić information content (AvgIpc) is 1.79.